The lowest BCUT2D eigenvalue weighted by Gasteiger charge is -2.30. The molecule has 0 unspecified atom stereocenters. The van der Waals surface area contributed by atoms with Crippen molar-refractivity contribution in [3.8, 4) is 0 Å². The fraction of sp³-hybridized carbons (Fsp3) is 0.818. The van der Waals surface area contributed by atoms with Crippen LogP contribution in [0.1, 0.15) is 39.5 Å². The Balaban J connectivity index is 2.53. The largest absolute Gasteiger partial charge is 0.549 e. The van der Waals surface area contributed by atoms with Gasteiger partial charge in [-0.25, -0.2) is 0 Å². The van der Waals surface area contributed by atoms with Gasteiger partial charge in [0.15, 0.2) is 0 Å². The van der Waals surface area contributed by atoms with Gasteiger partial charge >= 0.3 is 0 Å². The molecule has 0 bridgehead atoms. The maximum absolute atomic E-state index is 10.9. The Morgan fingerprint density at radius 2 is 1.75 bits per heavy atom. The second-order valence-corrected chi connectivity index (χ2v) is 6.82. The Morgan fingerprint density at radius 1 is 1.25 bits per heavy atom. The number of hydrogen-bond acceptors (Lipinski definition) is 4. The van der Waals surface area contributed by atoms with Gasteiger partial charge in [-0.05, 0) is 26.7 Å². The van der Waals surface area contributed by atoms with Crippen LogP contribution in [0, 0.1) is 0 Å². The van der Waals surface area contributed by atoms with Crippen molar-refractivity contribution in [2.45, 2.75) is 44.3 Å². The highest BCUT2D eigenvalue weighted by atomic mass is 32.2. The molecule has 1 fully saturated rings. The van der Waals surface area contributed by atoms with Crippen molar-refractivity contribution >= 4 is 34.3 Å². The molecule has 0 aromatic rings. The highest BCUT2D eigenvalue weighted by Crippen LogP contribution is 2.28. The van der Waals surface area contributed by atoms with Gasteiger partial charge in [0, 0.05) is 13.1 Å². The maximum Gasteiger partial charge on any atom is 0.137 e. The Morgan fingerprint density at radius 3 is 2.19 bits per heavy atom. The van der Waals surface area contributed by atoms with Gasteiger partial charge in [0.25, 0.3) is 0 Å². The molecule has 16 heavy (non-hydrogen) atoms. The third-order valence-electron chi connectivity index (χ3n) is 2.70. The summed E-state index contributed by atoms with van der Waals surface area (Å²) in [4.78, 5) is 13.0. The zero-order valence-electron chi connectivity index (χ0n) is 9.82. The molecule has 0 aromatic heterocycles. The average Bonchev–Trinajstić information content (AvgIpc) is 2.44. The highest BCUT2D eigenvalue weighted by Gasteiger charge is 2.25. The van der Waals surface area contributed by atoms with Gasteiger partial charge in [-0.3, -0.25) is 0 Å². The van der Waals surface area contributed by atoms with Crippen LogP contribution in [0.25, 0.3) is 0 Å². The van der Waals surface area contributed by atoms with E-state index in [1.54, 1.807) is 13.8 Å². The fourth-order valence-corrected chi connectivity index (χ4v) is 3.22. The molecule has 1 rings (SSSR count). The quantitative estimate of drug-likeness (QED) is 0.702. The van der Waals surface area contributed by atoms with Gasteiger partial charge in [0.05, 0.1) is 10.7 Å². The van der Waals surface area contributed by atoms with E-state index in [0.29, 0.717) is 4.32 Å². The predicted octanol–water partition coefficient (Wildman–Crippen LogP) is 1.41. The van der Waals surface area contributed by atoms with Crippen molar-refractivity contribution in [2.24, 2.45) is 0 Å². The summed E-state index contributed by atoms with van der Waals surface area (Å²) in [6.45, 7) is 5.18. The molecule has 0 aromatic carbocycles. The maximum atomic E-state index is 10.9. The molecular weight excluding hydrogens is 242 g/mol. The van der Waals surface area contributed by atoms with Crippen molar-refractivity contribution in [1.82, 2.24) is 4.90 Å². The van der Waals surface area contributed by atoms with Crippen molar-refractivity contribution in [3.63, 3.8) is 0 Å². The van der Waals surface area contributed by atoms with Crippen LogP contribution < -0.4 is 5.11 Å². The van der Waals surface area contributed by atoms with Crippen molar-refractivity contribution < 1.29 is 9.90 Å². The average molecular weight is 260 g/mol. The summed E-state index contributed by atoms with van der Waals surface area (Å²) in [5.41, 5.74) is 0. The predicted molar refractivity (Wildman–Crippen MR) is 69.3 cm³/mol. The van der Waals surface area contributed by atoms with Gasteiger partial charge in [-0.1, -0.05) is 36.8 Å². The van der Waals surface area contributed by atoms with E-state index in [1.807, 2.05) is 0 Å². The SMILES string of the molecule is CC(C)(SC(=S)N1CCCCCC1)C(=O)[O-]. The number of likely N-dealkylation sites (tertiary alicyclic amines) is 1. The van der Waals surface area contributed by atoms with Crippen molar-refractivity contribution in [2.75, 3.05) is 13.1 Å². The first-order valence-corrected chi connectivity index (χ1v) is 6.85. The van der Waals surface area contributed by atoms with E-state index in [-0.39, 0.29) is 0 Å². The molecule has 92 valence electrons. The molecule has 5 heteroatoms. The number of rotatable bonds is 2. The summed E-state index contributed by atoms with van der Waals surface area (Å²) >= 11 is 6.52. The van der Waals surface area contributed by atoms with E-state index in [4.69, 9.17) is 12.2 Å². The van der Waals surface area contributed by atoms with Gasteiger partial charge in [-0.15, -0.1) is 0 Å². The summed E-state index contributed by atoms with van der Waals surface area (Å²) in [5.74, 6) is -1.06. The van der Waals surface area contributed by atoms with Gasteiger partial charge < -0.3 is 14.8 Å². The molecule has 3 nitrogen and oxygen atoms in total. The fourth-order valence-electron chi connectivity index (χ4n) is 1.58. The standard InChI is InChI=1S/C11H19NO2S2/c1-11(2,9(13)14)16-10(15)12-7-5-3-4-6-8-12/h3-8H2,1-2H3,(H,13,14)/p-1. The molecule has 0 aliphatic carbocycles. The van der Waals surface area contributed by atoms with Gasteiger partial charge in [0.2, 0.25) is 0 Å². The lowest BCUT2D eigenvalue weighted by Crippen LogP contribution is -2.43. The number of thiocarbonyl (C=S) groups is 1. The van der Waals surface area contributed by atoms with Crippen molar-refractivity contribution in [3.05, 3.63) is 0 Å². The Labute approximate surface area is 107 Å². The second kappa shape index (κ2) is 5.87. The topological polar surface area (TPSA) is 43.4 Å². The Hall–Kier alpha value is -0.290. The number of carboxylic acids is 1. The van der Waals surface area contributed by atoms with Gasteiger partial charge in [-0.2, -0.15) is 0 Å². The van der Waals surface area contributed by atoms with Gasteiger partial charge in [0.1, 0.15) is 4.32 Å². The first kappa shape index (κ1) is 13.8. The Bertz CT molecular complexity index is 271. The van der Waals surface area contributed by atoms with Crippen LogP contribution in [0.5, 0.6) is 0 Å². The smallest absolute Gasteiger partial charge is 0.137 e. The minimum atomic E-state index is -1.06. The summed E-state index contributed by atoms with van der Waals surface area (Å²) in [6.07, 6.45) is 4.78. The number of thioether (sulfide) groups is 1. The highest BCUT2D eigenvalue weighted by molar-refractivity contribution is 8.24. The summed E-state index contributed by atoms with van der Waals surface area (Å²) in [6, 6.07) is 0. The minimum Gasteiger partial charge on any atom is -0.549 e. The summed E-state index contributed by atoms with van der Waals surface area (Å²) < 4.78 is -0.250. The van der Waals surface area contributed by atoms with Crippen LogP contribution in [0.3, 0.4) is 0 Å². The molecular formula is C11H18NO2S2-. The molecule has 0 amide bonds. The third-order valence-corrected chi connectivity index (χ3v) is 4.32. The van der Waals surface area contributed by atoms with Crippen molar-refractivity contribution in [1.29, 1.82) is 0 Å². The number of hydrogen-bond donors (Lipinski definition) is 0. The van der Waals surface area contributed by atoms with Crippen LogP contribution in [0.4, 0.5) is 0 Å². The lowest BCUT2D eigenvalue weighted by atomic mass is 10.2. The van der Waals surface area contributed by atoms with E-state index >= 15 is 0 Å². The molecule has 0 atom stereocenters. The molecule has 1 aliphatic rings. The molecule has 0 radical (unpaired) electrons. The molecule has 1 heterocycles. The normalized spacial score (nSPS) is 18.0. The van der Waals surface area contributed by atoms with Crippen LogP contribution in [-0.2, 0) is 4.79 Å². The number of carbonyl (C=O) groups excluding carboxylic acids is 1. The summed E-state index contributed by atoms with van der Waals surface area (Å²) in [7, 11) is 0. The van der Waals surface area contributed by atoms with Crippen LogP contribution >= 0.6 is 24.0 Å². The summed E-state index contributed by atoms with van der Waals surface area (Å²) in [5, 5.41) is 10.9. The molecule has 1 aliphatic heterocycles. The number of aliphatic carboxylic acids is 1. The van der Waals surface area contributed by atoms with E-state index < -0.39 is 10.7 Å². The lowest BCUT2D eigenvalue weighted by molar-refractivity contribution is -0.308. The third kappa shape index (κ3) is 3.94. The number of carbonyl (C=O) groups is 1. The Kier molecular flexibility index (Phi) is 5.05. The molecule has 0 N–H and O–H groups in total. The monoisotopic (exact) mass is 260 g/mol. The minimum absolute atomic E-state index is 0.691. The first-order valence-electron chi connectivity index (χ1n) is 5.63. The van der Waals surface area contributed by atoms with E-state index in [0.717, 1.165) is 25.9 Å². The number of carboxylic acid groups (broad SMARTS) is 1. The van der Waals surface area contributed by atoms with Crippen LogP contribution in [0.15, 0.2) is 0 Å². The zero-order valence-corrected chi connectivity index (χ0v) is 11.5. The molecule has 0 spiro atoms. The zero-order chi connectivity index (χ0) is 12.2. The van der Waals surface area contributed by atoms with E-state index in [2.05, 4.69) is 4.90 Å². The second-order valence-electron chi connectivity index (χ2n) is 4.57. The van der Waals surface area contributed by atoms with Crippen LogP contribution in [0.2, 0.25) is 0 Å². The first-order chi connectivity index (χ1) is 7.43. The molecule has 0 saturated carbocycles. The number of nitrogens with zero attached hydrogens (tertiary/aromatic N) is 1. The van der Waals surface area contributed by atoms with E-state index in [9.17, 15) is 9.90 Å². The van der Waals surface area contributed by atoms with Crippen LogP contribution in [-0.4, -0.2) is 33.0 Å². The van der Waals surface area contributed by atoms with E-state index in [1.165, 1.54) is 24.6 Å². The molecule has 1 saturated heterocycles.